The molecule has 118 valence electrons. The summed E-state index contributed by atoms with van der Waals surface area (Å²) in [6.07, 6.45) is 0. The fraction of sp³-hybridized carbons (Fsp3) is 0.100. The van der Waals surface area contributed by atoms with Crippen molar-refractivity contribution in [3.63, 3.8) is 0 Å². The van der Waals surface area contributed by atoms with Crippen molar-refractivity contribution in [2.45, 2.75) is 13.5 Å². The van der Waals surface area contributed by atoms with Gasteiger partial charge >= 0.3 is 0 Å². The van der Waals surface area contributed by atoms with Gasteiger partial charge in [-0.2, -0.15) is 0 Å². The fourth-order valence-electron chi connectivity index (χ4n) is 2.69. The van der Waals surface area contributed by atoms with Crippen molar-refractivity contribution in [3.8, 4) is 17.2 Å². The zero-order chi connectivity index (χ0) is 16.4. The van der Waals surface area contributed by atoms with Crippen LogP contribution in [-0.4, -0.2) is 10.2 Å². The van der Waals surface area contributed by atoms with Crippen LogP contribution in [0.25, 0.3) is 22.2 Å². The molecule has 0 saturated carbocycles. The van der Waals surface area contributed by atoms with Gasteiger partial charge in [0.25, 0.3) is 0 Å². The molecule has 3 aromatic carbocycles. The first kappa shape index (κ1) is 14.5. The van der Waals surface area contributed by atoms with E-state index < -0.39 is 0 Å². The molecule has 0 bridgehead atoms. The minimum absolute atomic E-state index is 0.521. The highest BCUT2D eigenvalue weighted by molar-refractivity contribution is 5.85. The Morgan fingerprint density at radius 3 is 2.46 bits per heavy atom. The lowest BCUT2D eigenvalue weighted by atomic mass is 10.1. The maximum absolute atomic E-state index is 5.93. The van der Waals surface area contributed by atoms with Crippen molar-refractivity contribution >= 4 is 10.8 Å². The third-order valence-corrected chi connectivity index (χ3v) is 3.90. The van der Waals surface area contributed by atoms with Gasteiger partial charge in [-0.3, -0.25) is 0 Å². The number of benzene rings is 3. The van der Waals surface area contributed by atoms with Gasteiger partial charge in [0.05, 0.1) is 0 Å². The van der Waals surface area contributed by atoms with Gasteiger partial charge in [0.1, 0.15) is 12.4 Å². The predicted octanol–water partition coefficient (Wildman–Crippen LogP) is 4.78. The van der Waals surface area contributed by atoms with E-state index in [4.69, 9.17) is 9.15 Å². The van der Waals surface area contributed by atoms with Crippen molar-refractivity contribution in [1.82, 2.24) is 10.2 Å². The van der Waals surface area contributed by atoms with Gasteiger partial charge in [0, 0.05) is 12.5 Å². The van der Waals surface area contributed by atoms with E-state index in [9.17, 15) is 0 Å². The molecule has 0 atom stereocenters. The molecular weight excluding hydrogens is 300 g/mol. The van der Waals surface area contributed by atoms with Crippen molar-refractivity contribution in [2.75, 3.05) is 0 Å². The Morgan fingerprint density at radius 1 is 0.875 bits per heavy atom. The lowest BCUT2D eigenvalue weighted by molar-refractivity contribution is 0.307. The van der Waals surface area contributed by atoms with E-state index in [1.165, 1.54) is 16.3 Å². The highest BCUT2D eigenvalue weighted by Gasteiger charge is 2.06. The van der Waals surface area contributed by atoms with E-state index >= 15 is 0 Å². The minimum Gasteiger partial charge on any atom is -0.489 e. The molecule has 4 heteroatoms. The molecule has 0 aliphatic heterocycles. The summed E-state index contributed by atoms with van der Waals surface area (Å²) in [5.41, 5.74) is 2.05. The van der Waals surface area contributed by atoms with E-state index in [1.54, 1.807) is 6.92 Å². The second-order valence-corrected chi connectivity index (χ2v) is 5.58. The van der Waals surface area contributed by atoms with E-state index in [-0.39, 0.29) is 0 Å². The zero-order valence-electron chi connectivity index (χ0n) is 13.3. The van der Waals surface area contributed by atoms with Gasteiger partial charge in [-0.1, -0.05) is 42.5 Å². The van der Waals surface area contributed by atoms with Crippen molar-refractivity contribution in [1.29, 1.82) is 0 Å². The second kappa shape index (κ2) is 6.16. The lowest BCUT2D eigenvalue weighted by Gasteiger charge is -2.09. The topological polar surface area (TPSA) is 48.2 Å². The van der Waals surface area contributed by atoms with E-state index in [2.05, 4.69) is 40.5 Å². The van der Waals surface area contributed by atoms with Crippen molar-refractivity contribution in [2.24, 2.45) is 0 Å². The number of hydrogen-bond acceptors (Lipinski definition) is 4. The molecule has 0 spiro atoms. The van der Waals surface area contributed by atoms with Crippen LogP contribution < -0.4 is 4.74 Å². The molecule has 0 N–H and O–H groups in total. The fourth-order valence-corrected chi connectivity index (χ4v) is 2.69. The average molecular weight is 316 g/mol. The van der Waals surface area contributed by atoms with Crippen LogP contribution in [0.15, 0.2) is 71.1 Å². The molecule has 0 unspecified atom stereocenters. The molecule has 0 aliphatic rings. The van der Waals surface area contributed by atoms with E-state index in [0.717, 1.165) is 11.3 Å². The van der Waals surface area contributed by atoms with Gasteiger partial charge in [0.15, 0.2) is 0 Å². The predicted molar refractivity (Wildman–Crippen MR) is 92.8 cm³/mol. The number of aromatic nitrogens is 2. The number of rotatable bonds is 4. The van der Waals surface area contributed by atoms with Crippen LogP contribution in [0, 0.1) is 6.92 Å². The molecule has 4 nitrogen and oxygen atoms in total. The summed E-state index contributed by atoms with van der Waals surface area (Å²) in [5, 5.41) is 10.3. The molecule has 0 amide bonds. The molecule has 0 aliphatic carbocycles. The Hall–Kier alpha value is -3.14. The molecule has 1 aromatic heterocycles. The van der Waals surface area contributed by atoms with Gasteiger partial charge < -0.3 is 9.15 Å². The van der Waals surface area contributed by atoms with Crippen molar-refractivity contribution in [3.05, 3.63) is 78.2 Å². The summed E-state index contributed by atoms with van der Waals surface area (Å²) in [6.45, 7) is 2.30. The second-order valence-electron chi connectivity index (χ2n) is 5.58. The summed E-state index contributed by atoms with van der Waals surface area (Å²) in [5.74, 6) is 1.89. The molecule has 4 aromatic rings. The highest BCUT2D eigenvalue weighted by Crippen LogP contribution is 2.23. The standard InChI is InChI=1S/C20H16N2O2/c1-14-21-22-20(24-14)16-9-11-18(12-10-16)23-13-17-7-4-6-15-5-2-3-8-19(15)17/h2-12H,13H2,1H3. The minimum atomic E-state index is 0.521. The van der Waals surface area contributed by atoms with Crippen LogP contribution >= 0.6 is 0 Å². The summed E-state index contributed by atoms with van der Waals surface area (Å²) in [6, 6.07) is 22.3. The van der Waals surface area contributed by atoms with Crippen LogP contribution in [0.1, 0.15) is 11.5 Å². The number of nitrogens with zero attached hydrogens (tertiary/aromatic N) is 2. The number of ether oxygens (including phenoxy) is 1. The molecule has 1 heterocycles. The van der Waals surface area contributed by atoms with E-state index in [0.29, 0.717) is 18.4 Å². The Kier molecular flexibility index (Phi) is 3.71. The Labute approximate surface area is 139 Å². The highest BCUT2D eigenvalue weighted by atomic mass is 16.5. The van der Waals surface area contributed by atoms with Crippen LogP contribution in [0.4, 0.5) is 0 Å². The van der Waals surface area contributed by atoms with Gasteiger partial charge in [-0.25, -0.2) is 0 Å². The smallest absolute Gasteiger partial charge is 0.247 e. The van der Waals surface area contributed by atoms with Crippen LogP contribution in [0.3, 0.4) is 0 Å². The quantitative estimate of drug-likeness (QED) is 0.544. The maximum atomic E-state index is 5.93. The Balaban J connectivity index is 1.51. The summed E-state index contributed by atoms with van der Waals surface area (Å²) in [7, 11) is 0. The number of hydrogen-bond donors (Lipinski definition) is 0. The molecule has 0 radical (unpaired) electrons. The van der Waals surface area contributed by atoms with Crippen molar-refractivity contribution < 1.29 is 9.15 Å². The Morgan fingerprint density at radius 2 is 1.67 bits per heavy atom. The molecule has 24 heavy (non-hydrogen) atoms. The van der Waals surface area contributed by atoms with Gasteiger partial charge in [0.2, 0.25) is 11.8 Å². The van der Waals surface area contributed by atoms with Crippen LogP contribution in [-0.2, 0) is 6.61 Å². The van der Waals surface area contributed by atoms with Crippen LogP contribution in [0.2, 0.25) is 0 Å². The summed E-state index contributed by atoms with van der Waals surface area (Å²) in [4.78, 5) is 0. The lowest BCUT2D eigenvalue weighted by Crippen LogP contribution is -1.96. The summed E-state index contributed by atoms with van der Waals surface area (Å²) >= 11 is 0. The molecule has 4 rings (SSSR count). The largest absolute Gasteiger partial charge is 0.489 e. The van der Waals surface area contributed by atoms with Gasteiger partial charge in [-0.15, -0.1) is 10.2 Å². The van der Waals surface area contributed by atoms with E-state index in [1.807, 2.05) is 36.4 Å². The maximum Gasteiger partial charge on any atom is 0.247 e. The first-order valence-electron chi connectivity index (χ1n) is 7.79. The molecular formula is C20H16N2O2. The SMILES string of the molecule is Cc1nnc(-c2ccc(OCc3cccc4ccccc34)cc2)o1. The third kappa shape index (κ3) is 2.86. The normalized spacial score (nSPS) is 10.9. The number of fused-ring (bicyclic) bond motifs is 1. The number of aryl methyl sites for hydroxylation is 1. The molecule has 0 fully saturated rings. The zero-order valence-corrected chi connectivity index (χ0v) is 13.3. The molecule has 0 saturated heterocycles. The summed E-state index contributed by atoms with van der Waals surface area (Å²) < 4.78 is 11.4. The first-order valence-corrected chi connectivity index (χ1v) is 7.79. The first-order chi connectivity index (χ1) is 11.8. The van der Waals surface area contributed by atoms with Crippen LogP contribution in [0.5, 0.6) is 5.75 Å². The monoisotopic (exact) mass is 316 g/mol. The van der Waals surface area contributed by atoms with Gasteiger partial charge in [-0.05, 0) is 40.6 Å². The average Bonchev–Trinajstić information content (AvgIpc) is 3.07. The Bertz CT molecular complexity index is 969. The third-order valence-electron chi connectivity index (χ3n) is 3.90.